The van der Waals surface area contributed by atoms with Gasteiger partial charge in [0.25, 0.3) is 5.91 Å². The van der Waals surface area contributed by atoms with E-state index in [0.717, 1.165) is 13.0 Å². The van der Waals surface area contributed by atoms with E-state index in [4.69, 9.17) is 0 Å². The van der Waals surface area contributed by atoms with E-state index in [1.54, 1.807) is 6.07 Å². The van der Waals surface area contributed by atoms with Gasteiger partial charge in [0.2, 0.25) is 0 Å². The van der Waals surface area contributed by atoms with Crippen LogP contribution in [0, 0.1) is 5.82 Å². The molecule has 5 heteroatoms. The van der Waals surface area contributed by atoms with Crippen LogP contribution in [-0.2, 0) is 0 Å². The molecule has 1 fully saturated rings. The minimum absolute atomic E-state index is 0.235. The molecule has 98 valence electrons. The summed E-state index contributed by atoms with van der Waals surface area (Å²) in [7, 11) is 0. The molecule has 0 radical (unpaired) electrons. The van der Waals surface area contributed by atoms with Crippen molar-refractivity contribution >= 4 is 21.8 Å². The van der Waals surface area contributed by atoms with Crippen LogP contribution in [-0.4, -0.2) is 25.0 Å². The van der Waals surface area contributed by atoms with Gasteiger partial charge in [0, 0.05) is 22.6 Å². The Labute approximate surface area is 114 Å². The molecule has 0 saturated heterocycles. The zero-order valence-corrected chi connectivity index (χ0v) is 11.6. The summed E-state index contributed by atoms with van der Waals surface area (Å²) in [4.78, 5) is 11.7. The molecule has 1 aromatic rings. The highest BCUT2D eigenvalue weighted by atomic mass is 79.9. The quantitative estimate of drug-likeness (QED) is 0.792. The van der Waals surface area contributed by atoms with Crippen molar-refractivity contribution in [3.05, 3.63) is 34.1 Å². The van der Waals surface area contributed by atoms with Crippen LogP contribution in [0.4, 0.5) is 4.39 Å². The Bertz CT molecular complexity index is 415. The van der Waals surface area contributed by atoms with Crippen LogP contribution < -0.4 is 10.6 Å². The largest absolute Gasteiger partial charge is 0.352 e. The Morgan fingerprint density at radius 3 is 2.78 bits per heavy atom. The highest BCUT2D eigenvalue weighted by Gasteiger charge is 2.19. The summed E-state index contributed by atoms with van der Waals surface area (Å²) in [5.74, 6) is -0.647. The van der Waals surface area contributed by atoms with E-state index in [0.29, 0.717) is 22.6 Å². The average molecular weight is 315 g/mol. The molecule has 18 heavy (non-hydrogen) atoms. The van der Waals surface area contributed by atoms with Crippen molar-refractivity contribution in [3.63, 3.8) is 0 Å². The molecule has 0 unspecified atom stereocenters. The maximum Gasteiger partial charge on any atom is 0.251 e. The van der Waals surface area contributed by atoms with Crippen molar-refractivity contribution < 1.29 is 9.18 Å². The molecule has 3 nitrogen and oxygen atoms in total. The third-order valence-corrected chi connectivity index (χ3v) is 3.23. The molecular formula is C13H16BrFN2O. The lowest BCUT2D eigenvalue weighted by Gasteiger charge is -2.06. The molecule has 0 bridgehead atoms. The fourth-order valence-electron chi connectivity index (χ4n) is 1.67. The normalized spacial score (nSPS) is 14.6. The van der Waals surface area contributed by atoms with Crippen molar-refractivity contribution in [2.45, 2.75) is 25.3 Å². The van der Waals surface area contributed by atoms with Crippen LogP contribution >= 0.6 is 15.9 Å². The van der Waals surface area contributed by atoms with E-state index in [2.05, 4.69) is 26.6 Å². The summed E-state index contributed by atoms with van der Waals surface area (Å²) in [6, 6.07) is 4.87. The molecule has 1 aromatic carbocycles. The molecule has 2 N–H and O–H groups in total. The highest BCUT2D eigenvalue weighted by molar-refractivity contribution is 9.10. The second kappa shape index (κ2) is 6.29. The lowest BCUT2D eigenvalue weighted by Crippen LogP contribution is -2.28. The van der Waals surface area contributed by atoms with E-state index in [1.807, 2.05) is 0 Å². The van der Waals surface area contributed by atoms with Crippen molar-refractivity contribution in [3.8, 4) is 0 Å². The fraction of sp³-hybridized carbons (Fsp3) is 0.462. The van der Waals surface area contributed by atoms with Crippen LogP contribution in [0.15, 0.2) is 22.7 Å². The van der Waals surface area contributed by atoms with Gasteiger partial charge in [-0.2, -0.15) is 0 Å². The third kappa shape index (κ3) is 4.38. The van der Waals surface area contributed by atoms with Crippen molar-refractivity contribution in [1.82, 2.24) is 10.6 Å². The molecule has 0 heterocycles. The standard InChI is InChI=1S/C13H16BrFN2O/c14-10-6-9(7-11(15)8-10)13(18)17-5-1-4-16-12-2-3-12/h6-8,12,16H,1-5H2,(H,17,18). The second-order valence-electron chi connectivity index (χ2n) is 4.50. The number of hydrogen-bond acceptors (Lipinski definition) is 2. The monoisotopic (exact) mass is 314 g/mol. The first-order valence-corrected chi connectivity index (χ1v) is 6.92. The Hall–Kier alpha value is -0.940. The smallest absolute Gasteiger partial charge is 0.251 e. The summed E-state index contributed by atoms with van der Waals surface area (Å²) in [6.45, 7) is 1.52. The maximum absolute atomic E-state index is 13.1. The first-order valence-electron chi connectivity index (χ1n) is 6.13. The van der Waals surface area contributed by atoms with E-state index in [9.17, 15) is 9.18 Å². The molecule has 0 spiro atoms. The van der Waals surface area contributed by atoms with E-state index in [1.165, 1.54) is 25.0 Å². The van der Waals surface area contributed by atoms with Crippen LogP contribution in [0.25, 0.3) is 0 Å². The number of hydrogen-bond donors (Lipinski definition) is 2. The average Bonchev–Trinajstić information content (AvgIpc) is 3.11. The number of nitrogens with one attached hydrogen (secondary N) is 2. The molecule has 0 aromatic heterocycles. The number of benzene rings is 1. The number of rotatable bonds is 6. The molecule has 1 saturated carbocycles. The second-order valence-corrected chi connectivity index (χ2v) is 5.41. The first kappa shape index (κ1) is 13.5. The van der Waals surface area contributed by atoms with Crippen LogP contribution in [0.3, 0.4) is 0 Å². The van der Waals surface area contributed by atoms with Gasteiger partial charge in [-0.05, 0) is 44.0 Å². The van der Waals surface area contributed by atoms with Crippen molar-refractivity contribution in [2.75, 3.05) is 13.1 Å². The van der Waals surface area contributed by atoms with Gasteiger partial charge in [0.1, 0.15) is 5.82 Å². The van der Waals surface area contributed by atoms with Gasteiger partial charge in [-0.15, -0.1) is 0 Å². The van der Waals surface area contributed by atoms with E-state index in [-0.39, 0.29) is 5.91 Å². The summed E-state index contributed by atoms with van der Waals surface area (Å²) in [5, 5.41) is 6.15. The molecule has 0 atom stereocenters. The molecule has 1 amide bonds. The topological polar surface area (TPSA) is 41.1 Å². The SMILES string of the molecule is O=C(NCCCNC1CC1)c1cc(F)cc(Br)c1. The van der Waals surface area contributed by atoms with Gasteiger partial charge >= 0.3 is 0 Å². The van der Waals surface area contributed by atoms with E-state index >= 15 is 0 Å². The summed E-state index contributed by atoms with van der Waals surface area (Å²) < 4.78 is 13.7. The predicted molar refractivity (Wildman–Crippen MR) is 72.1 cm³/mol. The fourth-order valence-corrected chi connectivity index (χ4v) is 2.14. The zero-order chi connectivity index (χ0) is 13.0. The van der Waals surface area contributed by atoms with Crippen molar-refractivity contribution in [1.29, 1.82) is 0 Å². The van der Waals surface area contributed by atoms with Gasteiger partial charge in [-0.1, -0.05) is 15.9 Å². The van der Waals surface area contributed by atoms with E-state index < -0.39 is 5.82 Å². The van der Waals surface area contributed by atoms with Gasteiger partial charge in [0.05, 0.1) is 0 Å². The summed E-state index contributed by atoms with van der Waals surface area (Å²) in [6.07, 6.45) is 3.42. The number of halogens is 2. The Morgan fingerprint density at radius 2 is 2.11 bits per heavy atom. The first-order chi connectivity index (χ1) is 8.65. The molecule has 0 aliphatic heterocycles. The number of carbonyl (C=O) groups is 1. The van der Waals surface area contributed by atoms with Gasteiger partial charge in [-0.25, -0.2) is 4.39 Å². The molecule has 1 aliphatic carbocycles. The Morgan fingerprint density at radius 1 is 1.33 bits per heavy atom. The molecule has 1 aliphatic rings. The minimum atomic E-state index is -0.412. The highest BCUT2D eigenvalue weighted by Crippen LogP contribution is 2.18. The Kier molecular flexibility index (Phi) is 4.72. The maximum atomic E-state index is 13.1. The molecule has 2 rings (SSSR count). The van der Waals surface area contributed by atoms with Gasteiger partial charge in [-0.3, -0.25) is 4.79 Å². The number of carbonyl (C=O) groups excluding carboxylic acids is 1. The van der Waals surface area contributed by atoms with Crippen LogP contribution in [0.5, 0.6) is 0 Å². The van der Waals surface area contributed by atoms with Gasteiger partial charge in [0.15, 0.2) is 0 Å². The zero-order valence-electron chi connectivity index (χ0n) is 10.0. The lowest BCUT2D eigenvalue weighted by atomic mass is 10.2. The summed E-state index contributed by atoms with van der Waals surface area (Å²) in [5.41, 5.74) is 0.344. The number of amides is 1. The van der Waals surface area contributed by atoms with Crippen LogP contribution in [0.2, 0.25) is 0 Å². The van der Waals surface area contributed by atoms with Gasteiger partial charge < -0.3 is 10.6 Å². The van der Waals surface area contributed by atoms with Crippen LogP contribution in [0.1, 0.15) is 29.6 Å². The van der Waals surface area contributed by atoms with Crippen molar-refractivity contribution in [2.24, 2.45) is 0 Å². The minimum Gasteiger partial charge on any atom is -0.352 e. The Balaban J connectivity index is 1.72. The lowest BCUT2D eigenvalue weighted by molar-refractivity contribution is 0.0952. The predicted octanol–water partition coefficient (Wildman–Crippen LogP) is 2.46. The summed E-state index contributed by atoms with van der Waals surface area (Å²) >= 11 is 3.17. The third-order valence-electron chi connectivity index (χ3n) is 2.77. The molecular weight excluding hydrogens is 299 g/mol.